The summed E-state index contributed by atoms with van der Waals surface area (Å²) in [5, 5.41) is 0. The molecule has 0 spiro atoms. The summed E-state index contributed by atoms with van der Waals surface area (Å²) in [6.45, 7) is 2.46. The molecule has 1 fully saturated rings. The number of carbonyl (C=O) groups excluding carboxylic acids is 1. The molecule has 2 atom stereocenters. The predicted octanol–water partition coefficient (Wildman–Crippen LogP) is 1.96. The van der Waals surface area contributed by atoms with Crippen LogP contribution in [0.5, 0.6) is 0 Å². The fourth-order valence-corrected chi connectivity index (χ4v) is 1.70. The van der Waals surface area contributed by atoms with Gasteiger partial charge in [0, 0.05) is 5.92 Å². The molecule has 2 heteroatoms. The minimum Gasteiger partial charge on any atom is -0.465 e. The van der Waals surface area contributed by atoms with Crippen LogP contribution in [0.3, 0.4) is 0 Å². The Hall–Kier alpha value is -1.31. The lowest BCUT2D eigenvalue weighted by Gasteiger charge is -2.10. The number of ether oxygens (including phenoxy) is 1. The second-order valence-electron chi connectivity index (χ2n) is 3.44. The zero-order valence-electron chi connectivity index (χ0n) is 7.57. The van der Waals surface area contributed by atoms with Gasteiger partial charge in [0.25, 0.3) is 0 Å². The highest BCUT2D eigenvalue weighted by Crippen LogP contribution is 2.30. The molecule has 0 aliphatic carbocycles. The number of rotatable bonds is 1. The van der Waals surface area contributed by atoms with Crippen LogP contribution in [0.15, 0.2) is 30.3 Å². The maximum absolute atomic E-state index is 11.1. The second-order valence-corrected chi connectivity index (χ2v) is 3.44. The van der Waals surface area contributed by atoms with Gasteiger partial charge in [0.2, 0.25) is 0 Å². The molecule has 2 nitrogen and oxygen atoms in total. The first kappa shape index (κ1) is 8.30. The molecule has 0 saturated carbocycles. The standard InChI is InChI=1S/C11H12O2/c1-8-10(7-13-11(8)12)9-5-3-2-4-6-9/h2-6,8,10H,7H2,1H3/t8-,10-/m1/s1. The van der Waals surface area contributed by atoms with Crippen molar-refractivity contribution in [2.45, 2.75) is 12.8 Å². The summed E-state index contributed by atoms with van der Waals surface area (Å²) in [4.78, 5) is 11.1. The summed E-state index contributed by atoms with van der Waals surface area (Å²) < 4.78 is 4.99. The van der Waals surface area contributed by atoms with Gasteiger partial charge in [-0.1, -0.05) is 37.3 Å². The van der Waals surface area contributed by atoms with Crippen LogP contribution in [-0.2, 0) is 9.53 Å². The predicted molar refractivity (Wildman–Crippen MR) is 49.3 cm³/mol. The van der Waals surface area contributed by atoms with Gasteiger partial charge >= 0.3 is 5.97 Å². The lowest BCUT2D eigenvalue weighted by molar-refractivity contribution is -0.140. The van der Waals surface area contributed by atoms with Crippen LogP contribution in [0.1, 0.15) is 18.4 Å². The molecule has 0 aromatic heterocycles. The average Bonchev–Trinajstić information content (AvgIpc) is 2.49. The van der Waals surface area contributed by atoms with Gasteiger partial charge in [0.05, 0.1) is 12.5 Å². The molecule has 1 heterocycles. The van der Waals surface area contributed by atoms with Crippen LogP contribution >= 0.6 is 0 Å². The van der Waals surface area contributed by atoms with Gasteiger partial charge in [-0.15, -0.1) is 0 Å². The summed E-state index contributed by atoms with van der Waals surface area (Å²) in [5.74, 6) is 0.171. The average molecular weight is 176 g/mol. The molecular weight excluding hydrogens is 164 g/mol. The third-order valence-corrected chi connectivity index (χ3v) is 2.61. The van der Waals surface area contributed by atoms with Crippen LogP contribution in [0.25, 0.3) is 0 Å². The van der Waals surface area contributed by atoms with E-state index in [1.165, 1.54) is 5.56 Å². The minimum atomic E-state index is -0.0751. The Bertz CT molecular complexity index is 305. The van der Waals surface area contributed by atoms with Crippen molar-refractivity contribution < 1.29 is 9.53 Å². The molecule has 68 valence electrons. The van der Waals surface area contributed by atoms with Gasteiger partial charge in [-0.3, -0.25) is 4.79 Å². The number of cyclic esters (lactones) is 1. The van der Waals surface area contributed by atoms with Crippen molar-refractivity contribution in [1.82, 2.24) is 0 Å². The number of esters is 1. The van der Waals surface area contributed by atoms with E-state index in [1.54, 1.807) is 0 Å². The Morgan fingerprint density at radius 3 is 2.54 bits per heavy atom. The first-order valence-electron chi connectivity index (χ1n) is 4.50. The number of benzene rings is 1. The highest BCUT2D eigenvalue weighted by molar-refractivity contribution is 5.75. The van der Waals surface area contributed by atoms with Crippen molar-refractivity contribution in [2.75, 3.05) is 6.61 Å². The Morgan fingerprint density at radius 2 is 2.00 bits per heavy atom. The molecule has 0 N–H and O–H groups in total. The summed E-state index contributed by atoms with van der Waals surface area (Å²) in [6.07, 6.45) is 0. The van der Waals surface area contributed by atoms with Crippen LogP contribution in [0, 0.1) is 5.92 Å². The third kappa shape index (κ3) is 1.44. The van der Waals surface area contributed by atoms with E-state index in [4.69, 9.17) is 4.74 Å². The highest BCUT2D eigenvalue weighted by Gasteiger charge is 2.33. The zero-order valence-corrected chi connectivity index (χ0v) is 7.57. The molecule has 0 radical (unpaired) electrons. The topological polar surface area (TPSA) is 26.3 Å². The van der Waals surface area contributed by atoms with Crippen LogP contribution in [0.2, 0.25) is 0 Å². The Balaban J connectivity index is 2.24. The van der Waals surface area contributed by atoms with Crippen molar-refractivity contribution >= 4 is 5.97 Å². The number of hydrogen-bond acceptors (Lipinski definition) is 2. The molecule has 1 saturated heterocycles. The van der Waals surface area contributed by atoms with E-state index in [2.05, 4.69) is 0 Å². The fraction of sp³-hybridized carbons (Fsp3) is 0.364. The van der Waals surface area contributed by atoms with Crippen LogP contribution < -0.4 is 0 Å². The van der Waals surface area contributed by atoms with Gasteiger partial charge in [-0.25, -0.2) is 0 Å². The largest absolute Gasteiger partial charge is 0.465 e. The lowest BCUT2D eigenvalue weighted by atomic mass is 9.90. The molecule has 1 aromatic rings. The lowest BCUT2D eigenvalue weighted by Crippen LogP contribution is -2.09. The van der Waals surface area contributed by atoms with Gasteiger partial charge in [-0.2, -0.15) is 0 Å². The minimum absolute atomic E-state index is 0.00222. The normalized spacial score (nSPS) is 27.3. The van der Waals surface area contributed by atoms with E-state index in [1.807, 2.05) is 37.3 Å². The Labute approximate surface area is 77.5 Å². The molecule has 2 rings (SSSR count). The molecule has 0 amide bonds. The Morgan fingerprint density at radius 1 is 1.31 bits per heavy atom. The summed E-state index contributed by atoms with van der Waals surface area (Å²) >= 11 is 0. The van der Waals surface area contributed by atoms with Gasteiger partial charge < -0.3 is 4.74 Å². The first-order chi connectivity index (χ1) is 6.29. The molecule has 13 heavy (non-hydrogen) atoms. The van der Waals surface area contributed by atoms with E-state index in [-0.39, 0.29) is 17.8 Å². The third-order valence-electron chi connectivity index (χ3n) is 2.61. The molecule has 1 aliphatic heterocycles. The number of hydrogen-bond donors (Lipinski definition) is 0. The van der Waals surface area contributed by atoms with Gasteiger partial charge in [0.15, 0.2) is 0 Å². The fourth-order valence-electron chi connectivity index (χ4n) is 1.70. The number of carbonyl (C=O) groups is 1. The highest BCUT2D eigenvalue weighted by atomic mass is 16.5. The molecule has 0 bridgehead atoms. The quantitative estimate of drug-likeness (QED) is 0.611. The van der Waals surface area contributed by atoms with Crippen molar-refractivity contribution in [3.8, 4) is 0 Å². The van der Waals surface area contributed by atoms with E-state index in [9.17, 15) is 4.79 Å². The zero-order chi connectivity index (χ0) is 9.26. The van der Waals surface area contributed by atoms with Gasteiger partial charge in [0.1, 0.15) is 0 Å². The Kier molecular flexibility index (Phi) is 2.05. The molecule has 1 aromatic carbocycles. The maximum atomic E-state index is 11.1. The molecule has 1 aliphatic rings. The van der Waals surface area contributed by atoms with Crippen molar-refractivity contribution in [3.63, 3.8) is 0 Å². The van der Waals surface area contributed by atoms with Crippen LogP contribution in [-0.4, -0.2) is 12.6 Å². The summed E-state index contributed by atoms with van der Waals surface area (Å²) in [7, 11) is 0. The summed E-state index contributed by atoms with van der Waals surface area (Å²) in [6, 6.07) is 10.0. The SMILES string of the molecule is C[C@H]1C(=O)OC[C@H]1c1ccccc1. The molecular formula is C11H12O2. The van der Waals surface area contributed by atoms with Crippen molar-refractivity contribution in [1.29, 1.82) is 0 Å². The maximum Gasteiger partial charge on any atom is 0.309 e. The second kappa shape index (κ2) is 3.21. The van der Waals surface area contributed by atoms with Crippen LogP contribution in [0.4, 0.5) is 0 Å². The van der Waals surface area contributed by atoms with Crippen molar-refractivity contribution in [3.05, 3.63) is 35.9 Å². The smallest absolute Gasteiger partial charge is 0.309 e. The van der Waals surface area contributed by atoms with E-state index in [0.29, 0.717) is 6.61 Å². The monoisotopic (exact) mass is 176 g/mol. The van der Waals surface area contributed by atoms with Gasteiger partial charge in [-0.05, 0) is 5.56 Å². The first-order valence-corrected chi connectivity index (χ1v) is 4.50. The van der Waals surface area contributed by atoms with E-state index < -0.39 is 0 Å². The summed E-state index contributed by atoms with van der Waals surface area (Å²) in [5.41, 5.74) is 1.20. The van der Waals surface area contributed by atoms with E-state index in [0.717, 1.165) is 0 Å². The van der Waals surface area contributed by atoms with E-state index >= 15 is 0 Å². The molecule has 0 unspecified atom stereocenters. The van der Waals surface area contributed by atoms with Crippen molar-refractivity contribution in [2.24, 2.45) is 5.92 Å².